The minimum absolute atomic E-state index is 0.684. The molecule has 1 unspecified atom stereocenters. The van der Waals surface area contributed by atoms with Gasteiger partial charge >= 0.3 is 0 Å². The molecule has 0 fully saturated rings. The highest BCUT2D eigenvalue weighted by molar-refractivity contribution is 6.13. The molecule has 0 bridgehead atoms. The van der Waals surface area contributed by atoms with Gasteiger partial charge in [-0.25, -0.2) is 0 Å². The highest BCUT2D eigenvalue weighted by Crippen LogP contribution is 2.29. The fraction of sp³-hybridized carbons (Fsp3) is 0.500. The predicted octanol–water partition coefficient (Wildman–Crippen LogP) is 1.02. The second-order valence-corrected chi connectivity index (χ2v) is 2.18. The maximum Gasteiger partial charge on any atom is 0.0658 e. The number of aliphatic imine (C=N–C) groups is 1. The highest BCUT2D eigenvalue weighted by atomic mass is 14.8. The number of rotatable bonds is 0. The zero-order valence-corrected chi connectivity index (χ0v) is 4.31. The molecule has 0 aromatic carbocycles. The summed E-state index contributed by atoms with van der Waals surface area (Å²) in [6.45, 7) is 3.18. The van der Waals surface area contributed by atoms with Crippen LogP contribution in [-0.4, -0.2) is 12.3 Å². The molecule has 1 atom stereocenters. The van der Waals surface area contributed by atoms with E-state index in [2.05, 4.69) is 18.0 Å². The van der Waals surface area contributed by atoms with Gasteiger partial charge in [0.05, 0.1) is 6.54 Å². The molecule has 0 aromatic rings. The first-order chi connectivity index (χ1) is 3.38. The van der Waals surface area contributed by atoms with Crippen LogP contribution in [0.15, 0.2) is 16.6 Å². The van der Waals surface area contributed by atoms with Gasteiger partial charge in [-0.2, -0.15) is 0 Å². The summed E-state index contributed by atoms with van der Waals surface area (Å²) in [5.41, 5.74) is 2.85. The first kappa shape index (κ1) is 3.42. The van der Waals surface area contributed by atoms with Gasteiger partial charge in [-0.1, -0.05) is 13.0 Å². The van der Waals surface area contributed by atoms with Gasteiger partial charge in [0.1, 0.15) is 0 Å². The number of hydrogen-bond donors (Lipinski definition) is 0. The molecular formula is C6H7N. The van der Waals surface area contributed by atoms with E-state index >= 15 is 0 Å². The fourth-order valence-corrected chi connectivity index (χ4v) is 1.12. The summed E-state index contributed by atoms with van der Waals surface area (Å²) in [6.07, 6.45) is 2.28. The second kappa shape index (κ2) is 0.808. The lowest BCUT2D eigenvalue weighted by Gasteiger charge is -2.31. The number of dihydropyridines is 1. The van der Waals surface area contributed by atoms with E-state index in [0.717, 1.165) is 6.54 Å². The molecule has 2 rings (SSSR count). The van der Waals surface area contributed by atoms with Gasteiger partial charge in [-0.3, -0.25) is 4.99 Å². The van der Waals surface area contributed by atoms with Crippen molar-refractivity contribution in [2.75, 3.05) is 6.54 Å². The van der Waals surface area contributed by atoms with Crippen molar-refractivity contribution in [3.05, 3.63) is 11.6 Å². The van der Waals surface area contributed by atoms with E-state index in [-0.39, 0.29) is 0 Å². The standard InChI is InChI=1S/C6H7N/c1-4-2-5-3-7-6(4)5/h2,4H,3H2,1H3. The van der Waals surface area contributed by atoms with Crippen LogP contribution in [0.2, 0.25) is 0 Å². The third-order valence-corrected chi connectivity index (χ3v) is 1.63. The van der Waals surface area contributed by atoms with Crippen LogP contribution in [0.25, 0.3) is 0 Å². The molecule has 0 saturated carbocycles. The summed E-state index contributed by atoms with van der Waals surface area (Å²) >= 11 is 0. The highest BCUT2D eigenvalue weighted by Gasteiger charge is 2.28. The summed E-state index contributed by atoms with van der Waals surface area (Å²) in [7, 11) is 0. The van der Waals surface area contributed by atoms with Crippen LogP contribution in [0.4, 0.5) is 0 Å². The van der Waals surface area contributed by atoms with Crippen molar-refractivity contribution in [3.63, 3.8) is 0 Å². The molecule has 0 amide bonds. The first-order valence-corrected chi connectivity index (χ1v) is 2.63. The van der Waals surface area contributed by atoms with Crippen molar-refractivity contribution in [1.29, 1.82) is 0 Å². The summed E-state index contributed by atoms with van der Waals surface area (Å²) in [4.78, 5) is 4.17. The molecule has 0 radical (unpaired) electrons. The van der Waals surface area contributed by atoms with Crippen molar-refractivity contribution >= 4 is 5.71 Å². The van der Waals surface area contributed by atoms with Gasteiger partial charge in [-0.05, 0) is 5.57 Å². The molecule has 0 saturated heterocycles. The SMILES string of the molecule is CC1C=C2CN=C21. The van der Waals surface area contributed by atoms with Crippen LogP contribution >= 0.6 is 0 Å². The fourth-order valence-electron chi connectivity index (χ4n) is 1.12. The van der Waals surface area contributed by atoms with Crippen LogP contribution < -0.4 is 0 Å². The van der Waals surface area contributed by atoms with Crippen LogP contribution in [0, 0.1) is 5.92 Å². The third-order valence-electron chi connectivity index (χ3n) is 1.63. The average molecular weight is 93.1 g/mol. The van der Waals surface area contributed by atoms with Gasteiger partial charge in [0.25, 0.3) is 0 Å². The Labute approximate surface area is 42.8 Å². The van der Waals surface area contributed by atoms with E-state index in [0.29, 0.717) is 5.92 Å². The van der Waals surface area contributed by atoms with E-state index in [9.17, 15) is 0 Å². The quantitative estimate of drug-likeness (QED) is 0.424. The third kappa shape index (κ3) is 0.234. The minimum Gasteiger partial charge on any atom is -0.284 e. The zero-order chi connectivity index (χ0) is 4.85. The van der Waals surface area contributed by atoms with Crippen molar-refractivity contribution in [2.45, 2.75) is 6.92 Å². The van der Waals surface area contributed by atoms with Gasteiger partial charge in [0.2, 0.25) is 0 Å². The lowest BCUT2D eigenvalue weighted by Crippen LogP contribution is -2.31. The topological polar surface area (TPSA) is 12.4 Å². The van der Waals surface area contributed by atoms with Crippen LogP contribution in [0.1, 0.15) is 6.92 Å². The Balaban J connectivity index is 2.44. The molecule has 7 heavy (non-hydrogen) atoms. The first-order valence-electron chi connectivity index (χ1n) is 2.63. The molecular weight excluding hydrogens is 86.1 g/mol. The van der Waals surface area contributed by atoms with Crippen LogP contribution in [-0.2, 0) is 0 Å². The molecule has 0 aromatic heterocycles. The molecule has 2 aliphatic rings. The molecule has 1 heteroatoms. The molecule has 0 N–H and O–H groups in total. The minimum atomic E-state index is 0.684. The smallest absolute Gasteiger partial charge is 0.0658 e. The van der Waals surface area contributed by atoms with Crippen molar-refractivity contribution in [2.24, 2.45) is 10.9 Å². The summed E-state index contributed by atoms with van der Waals surface area (Å²) in [5.74, 6) is 0.684. The van der Waals surface area contributed by atoms with Gasteiger partial charge < -0.3 is 0 Å². The van der Waals surface area contributed by atoms with Gasteiger partial charge in [-0.15, -0.1) is 0 Å². The van der Waals surface area contributed by atoms with E-state index in [1.54, 1.807) is 0 Å². The van der Waals surface area contributed by atoms with Crippen LogP contribution in [0.3, 0.4) is 0 Å². The Bertz CT molecular complexity index is 165. The Morgan fingerprint density at radius 1 is 1.86 bits per heavy atom. The summed E-state index contributed by atoms with van der Waals surface area (Å²) < 4.78 is 0. The molecule has 1 heterocycles. The van der Waals surface area contributed by atoms with Gasteiger partial charge in [0.15, 0.2) is 0 Å². The van der Waals surface area contributed by atoms with Crippen molar-refractivity contribution in [1.82, 2.24) is 0 Å². The zero-order valence-electron chi connectivity index (χ0n) is 4.31. The Kier molecular flexibility index (Phi) is 0.394. The Hall–Kier alpha value is -0.590. The average Bonchev–Trinajstić information content (AvgIpc) is 1.59. The normalized spacial score (nSPS) is 34.1. The number of nitrogens with zero attached hydrogens (tertiary/aromatic N) is 1. The van der Waals surface area contributed by atoms with Gasteiger partial charge in [0, 0.05) is 11.6 Å². The molecule has 36 valence electrons. The van der Waals surface area contributed by atoms with E-state index < -0.39 is 0 Å². The lowest BCUT2D eigenvalue weighted by atomic mass is 9.81. The number of allylic oxidation sites excluding steroid dienone is 1. The number of hydrogen-bond acceptors (Lipinski definition) is 1. The predicted molar refractivity (Wildman–Crippen MR) is 29.5 cm³/mol. The maximum atomic E-state index is 4.17. The molecule has 1 aliphatic carbocycles. The summed E-state index contributed by atoms with van der Waals surface area (Å²) in [5, 5.41) is 0. The monoisotopic (exact) mass is 93.1 g/mol. The Morgan fingerprint density at radius 2 is 2.71 bits per heavy atom. The van der Waals surface area contributed by atoms with E-state index in [1.807, 2.05) is 0 Å². The van der Waals surface area contributed by atoms with E-state index in [4.69, 9.17) is 0 Å². The second-order valence-electron chi connectivity index (χ2n) is 2.18. The largest absolute Gasteiger partial charge is 0.284 e. The summed E-state index contributed by atoms with van der Waals surface area (Å²) in [6, 6.07) is 0. The Morgan fingerprint density at radius 3 is 2.71 bits per heavy atom. The van der Waals surface area contributed by atoms with Crippen molar-refractivity contribution in [3.8, 4) is 0 Å². The lowest BCUT2D eigenvalue weighted by molar-refractivity contribution is 0.849. The molecule has 1 nitrogen and oxygen atoms in total. The van der Waals surface area contributed by atoms with Crippen LogP contribution in [0.5, 0.6) is 0 Å². The molecule has 1 aliphatic heterocycles. The molecule has 0 spiro atoms. The van der Waals surface area contributed by atoms with Crippen molar-refractivity contribution < 1.29 is 0 Å². The van der Waals surface area contributed by atoms with E-state index in [1.165, 1.54) is 11.3 Å². The maximum absolute atomic E-state index is 4.17. The number of fused-ring (bicyclic) bond motifs is 1.